The van der Waals surface area contributed by atoms with Gasteiger partial charge in [-0.05, 0) is 68.8 Å². The van der Waals surface area contributed by atoms with Crippen LogP contribution in [0.3, 0.4) is 0 Å². The van der Waals surface area contributed by atoms with Crippen molar-refractivity contribution in [3.63, 3.8) is 0 Å². The molecule has 4 aromatic carbocycles. The number of rotatable bonds is 12. The molecule has 0 bridgehead atoms. The van der Waals surface area contributed by atoms with E-state index < -0.39 is 11.8 Å². The molecule has 12 nitrogen and oxygen atoms in total. The van der Waals surface area contributed by atoms with Crippen LogP contribution in [0, 0.1) is 0 Å². The summed E-state index contributed by atoms with van der Waals surface area (Å²) < 4.78 is 6.02. The Morgan fingerprint density at radius 1 is 0.865 bits per heavy atom. The summed E-state index contributed by atoms with van der Waals surface area (Å²) in [6, 6.07) is 12.6. The van der Waals surface area contributed by atoms with E-state index in [1.54, 1.807) is 30.6 Å². The zero-order valence-electron chi connectivity index (χ0n) is 29.0. The minimum Gasteiger partial charge on any atom is -0.507 e. The molecule has 4 heterocycles. The topological polar surface area (TPSA) is 144 Å². The third-order valence-corrected chi connectivity index (χ3v) is 10.3. The number of anilines is 1. The predicted octanol–water partition coefficient (Wildman–Crippen LogP) is 4.36. The number of phenolic OH excluding ortho intramolecular Hbond substituents is 1. The quantitative estimate of drug-likeness (QED) is 0.145. The van der Waals surface area contributed by atoms with Gasteiger partial charge in [-0.2, -0.15) is 0 Å². The third kappa shape index (κ3) is 5.59. The second-order valence-corrected chi connectivity index (χ2v) is 13.7. The van der Waals surface area contributed by atoms with Gasteiger partial charge in [-0.1, -0.05) is 24.8 Å². The van der Waals surface area contributed by atoms with E-state index in [1.165, 1.54) is 15.9 Å². The van der Waals surface area contributed by atoms with Gasteiger partial charge < -0.3 is 25.4 Å². The average molecular weight is 701 g/mol. The van der Waals surface area contributed by atoms with Crippen LogP contribution in [0.1, 0.15) is 72.3 Å². The van der Waals surface area contributed by atoms with Gasteiger partial charge in [-0.15, -0.1) is 0 Å². The van der Waals surface area contributed by atoms with Crippen LogP contribution < -0.4 is 20.3 Å². The molecule has 4 aromatic rings. The minimum absolute atomic E-state index is 0.0136. The molecule has 0 saturated carbocycles. The molecule has 0 aromatic heterocycles. The van der Waals surface area contributed by atoms with Crippen molar-refractivity contribution in [3.05, 3.63) is 82.4 Å². The molecule has 4 aliphatic rings. The first-order valence-corrected chi connectivity index (χ1v) is 17.9. The molecule has 266 valence electrons. The SMILES string of the molecule is C=Cc1cc2c3c(cc(N4C=NCCC4)cc3c1O)C(=O)N(CCNCCCNCCN1C(=O)c3cccc4c5c(cc(c34)C1=O)CC(C)O5)C2=O. The number of amides is 4. The van der Waals surface area contributed by atoms with Crippen LogP contribution in [0.25, 0.3) is 27.6 Å². The summed E-state index contributed by atoms with van der Waals surface area (Å²) in [5.74, 6) is -0.632. The van der Waals surface area contributed by atoms with Crippen LogP contribution in [-0.4, -0.2) is 103 Å². The predicted molar refractivity (Wildman–Crippen MR) is 200 cm³/mol. The molecule has 3 N–H and O–H groups in total. The first-order chi connectivity index (χ1) is 25.3. The molecule has 8 rings (SSSR count). The molecule has 0 radical (unpaired) electrons. The fourth-order valence-corrected chi connectivity index (χ4v) is 7.81. The molecular weight excluding hydrogens is 660 g/mol. The number of fused-ring (bicyclic) bond motifs is 2. The molecule has 52 heavy (non-hydrogen) atoms. The van der Waals surface area contributed by atoms with E-state index in [9.17, 15) is 24.3 Å². The highest BCUT2D eigenvalue weighted by Gasteiger charge is 2.37. The van der Waals surface area contributed by atoms with Crippen molar-refractivity contribution in [2.24, 2.45) is 4.99 Å². The number of hydrogen-bond acceptors (Lipinski definition) is 10. The number of carbonyl (C=O) groups excluding carboxylic acids is 4. The van der Waals surface area contributed by atoms with Crippen molar-refractivity contribution >= 4 is 63.3 Å². The molecule has 0 aliphatic carbocycles. The Labute approximate surface area is 300 Å². The summed E-state index contributed by atoms with van der Waals surface area (Å²) in [5.41, 5.74) is 3.95. The van der Waals surface area contributed by atoms with Crippen molar-refractivity contribution in [1.82, 2.24) is 20.4 Å². The Kier molecular flexibility index (Phi) is 8.72. The highest BCUT2D eigenvalue weighted by Crippen LogP contribution is 2.43. The van der Waals surface area contributed by atoms with Gasteiger partial charge in [-0.25, -0.2) is 0 Å². The van der Waals surface area contributed by atoms with Gasteiger partial charge in [0.2, 0.25) is 0 Å². The maximum Gasteiger partial charge on any atom is 0.261 e. The fraction of sp³-hybridized carbons (Fsp3) is 0.325. The minimum atomic E-state index is -0.408. The Bertz CT molecular complexity index is 2230. The molecule has 12 heteroatoms. The van der Waals surface area contributed by atoms with Crippen LogP contribution in [0.2, 0.25) is 0 Å². The number of ether oxygens (including phenoxy) is 1. The van der Waals surface area contributed by atoms with E-state index >= 15 is 0 Å². The van der Waals surface area contributed by atoms with E-state index in [0.717, 1.165) is 54.7 Å². The van der Waals surface area contributed by atoms with E-state index in [2.05, 4.69) is 22.2 Å². The van der Waals surface area contributed by atoms with Gasteiger partial charge in [0.15, 0.2) is 0 Å². The maximum atomic E-state index is 13.8. The number of aromatic hydroxyl groups is 1. The summed E-state index contributed by atoms with van der Waals surface area (Å²) in [7, 11) is 0. The summed E-state index contributed by atoms with van der Waals surface area (Å²) >= 11 is 0. The standard InChI is InChI=1S/C40H40N6O6/c1-3-24-18-30-34-29(35(24)47)20-26(44-14-6-11-43-22-44)21-32(34)40(51)46(38(30)49)16-13-42-10-5-9-41-12-15-45-37(48)28-8-4-7-27-33(28)31(39(45)50)19-25-17-23(2)52-36(25)27/h3-4,7-8,18-23,41-42,47H,1,5-6,9-17H2,2H3. The Morgan fingerprint density at radius 3 is 2.19 bits per heavy atom. The van der Waals surface area contributed by atoms with Crippen molar-refractivity contribution in [2.75, 3.05) is 57.3 Å². The monoisotopic (exact) mass is 700 g/mol. The number of aliphatic imine (C=N–C) groups is 1. The van der Waals surface area contributed by atoms with Crippen LogP contribution >= 0.6 is 0 Å². The smallest absolute Gasteiger partial charge is 0.261 e. The molecule has 0 spiro atoms. The molecule has 4 aliphatic heterocycles. The lowest BCUT2D eigenvalue weighted by Crippen LogP contribution is -2.44. The van der Waals surface area contributed by atoms with E-state index in [1.807, 2.05) is 30.0 Å². The zero-order valence-corrected chi connectivity index (χ0v) is 29.0. The zero-order chi connectivity index (χ0) is 36.1. The lowest BCUT2D eigenvalue weighted by atomic mass is 9.90. The number of carbonyl (C=O) groups is 4. The Hall–Kier alpha value is -5.59. The number of phenols is 1. The van der Waals surface area contributed by atoms with Crippen molar-refractivity contribution in [3.8, 4) is 11.5 Å². The first-order valence-electron chi connectivity index (χ1n) is 17.9. The molecule has 1 unspecified atom stereocenters. The lowest BCUT2D eigenvalue weighted by Gasteiger charge is -2.30. The van der Waals surface area contributed by atoms with Gasteiger partial charge >= 0.3 is 0 Å². The summed E-state index contributed by atoms with van der Waals surface area (Å²) in [5, 5.41) is 20.1. The van der Waals surface area contributed by atoms with Crippen LogP contribution in [0.15, 0.2) is 54.0 Å². The molecule has 0 saturated heterocycles. The van der Waals surface area contributed by atoms with Crippen molar-refractivity contribution in [1.29, 1.82) is 0 Å². The van der Waals surface area contributed by atoms with Crippen LogP contribution in [0.5, 0.6) is 11.5 Å². The second kappa shape index (κ2) is 13.5. The van der Waals surface area contributed by atoms with E-state index in [0.29, 0.717) is 70.2 Å². The van der Waals surface area contributed by atoms with E-state index in [4.69, 9.17) is 4.74 Å². The largest absolute Gasteiger partial charge is 0.507 e. The number of benzene rings is 4. The van der Waals surface area contributed by atoms with Crippen molar-refractivity contribution in [2.45, 2.75) is 32.3 Å². The van der Waals surface area contributed by atoms with Gasteiger partial charge in [0.05, 0.1) is 11.9 Å². The molecule has 0 fully saturated rings. The lowest BCUT2D eigenvalue weighted by molar-refractivity contribution is 0.0597. The van der Waals surface area contributed by atoms with Crippen molar-refractivity contribution < 1.29 is 29.0 Å². The second-order valence-electron chi connectivity index (χ2n) is 13.7. The number of hydrogen-bond donors (Lipinski definition) is 3. The van der Waals surface area contributed by atoms with Gasteiger partial charge in [-0.3, -0.25) is 34.0 Å². The first kappa shape index (κ1) is 33.5. The Balaban J connectivity index is 0.850. The van der Waals surface area contributed by atoms with E-state index in [-0.39, 0.29) is 36.8 Å². The average Bonchev–Trinajstić information content (AvgIpc) is 3.55. The van der Waals surface area contributed by atoms with Crippen LogP contribution in [-0.2, 0) is 6.42 Å². The summed E-state index contributed by atoms with van der Waals surface area (Å²) in [4.78, 5) is 63.2. The van der Waals surface area contributed by atoms with Gasteiger partial charge in [0.25, 0.3) is 23.6 Å². The normalized spacial score (nSPS) is 17.8. The fourth-order valence-electron chi connectivity index (χ4n) is 7.81. The number of nitrogens with one attached hydrogen (secondary N) is 2. The molecular formula is C40H40N6O6. The third-order valence-electron chi connectivity index (χ3n) is 10.3. The highest BCUT2D eigenvalue weighted by molar-refractivity contribution is 6.28. The van der Waals surface area contributed by atoms with Crippen LogP contribution in [0.4, 0.5) is 5.69 Å². The highest BCUT2D eigenvalue weighted by atomic mass is 16.5. The summed E-state index contributed by atoms with van der Waals surface area (Å²) in [6.45, 7) is 9.82. The molecule has 4 amide bonds. The maximum absolute atomic E-state index is 13.8. The number of nitrogens with zero attached hydrogens (tertiary/aromatic N) is 4. The van der Waals surface area contributed by atoms with Gasteiger partial charge in [0.1, 0.15) is 17.6 Å². The summed E-state index contributed by atoms with van der Waals surface area (Å²) in [6.07, 6.45) is 5.63. The molecule has 1 atom stereocenters. The number of imide groups is 2. The Morgan fingerprint density at radius 2 is 1.52 bits per heavy atom. The van der Waals surface area contributed by atoms with Gasteiger partial charge in [0, 0.05) is 95.2 Å².